The number of carboxylic acid groups (broad SMARTS) is 1. The molecule has 0 saturated heterocycles. The zero-order chi connectivity index (χ0) is 12.1. The molecule has 6 heteroatoms. The van der Waals surface area contributed by atoms with Crippen molar-refractivity contribution in [3.63, 3.8) is 0 Å². The van der Waals surface area contributed by atoms with Crippen LogP contribution in [0.25, 0.3) is 0 Å². The number of hydrogen-bond acceptors (Lipinski definition) is 4. The second kappa shape index (κ2) is 7.84. The molecule has 0 N–H and O–H groups in total. The molecule has 0 saturated carbocycles. The van der Waals surface area contributed by atoms with Crippen molar-refractivity contribution < 1.29 is 53.5 Å². The summed E-state index contributed by atoms with van der Waals surface area (Å²) in [5.74, 6) is -1.57. The fourth-order valence-corrected chi connectivity index (χ4v) is 0.937. The summed E-state index contributed by atoms with van der Waals surface area (Å²) < 4.78 is 5.07. The third-order valence-corrected chi connectivity index (χ3v) is 1.84. The fraction of sp³-hybridized carbons (Fsp3) is 0.600. The van der Waals surface area contributed by atoms with Crippen molar-refractivity contribution in [1.29, 1.82) is 0 Å². The van der Waals surface area contributed by atoms with Gasteiger partial charge in [-0.25, -0.2) is 4.79 Å². The van der Waals surface area contributed by atoms with Crippen molar-refractivity contribution in [2.75, 3.05) is 33.8 Å². The smallest absolute Gasteiger partial charge is 0.544 e. The molecule has 0 unspecified atom stereocenters. The van der Waals surface area contributed by atoms with Gasteiger partial charge in [0.1, 0.15) is 19.7 Å². The van der Waals surface area contributed by atoms with E-state index in [1.165, 1.54) is 0 Å². The molecule has 0 fully saturated rings. The zero-order valence-electron chi connectivity index (χ0n) is 10.4. The topological polar surface area (TPSA) is 66.4 Å². The summed E-state index contributed by atoms with van der Waals surface area (Å²) in [6.45, 7) is 5.48. The normalized spacial score (nSPS) is 10.2. The van der Waals surface area contributed by atoms with E-state index in [9.17, 15) is 14.7 Å². The third kappa shape index (κ3) is 8.91. The van der Waals surface area contributed by atoms with Gasteiger partial charge in [0, 0.05) is 5.57 Å². The summed E-state index contributed by atoms with van der Waals surface area (Å²) >= 11 is 0. The Bertz CT molecular complexity index is 276. The molecule has 0 heterocycles. The summed E-state index contributed by atoms with van der Waals surface area (Å²) in [5, 5.41) is 10.4. The van der Waals surface area contributed by atoms with Crippen LogP contribution >= 0.6 is 0 Å². The van der Waals surface area contributed by atoms with Crippen LogP contribution in [-0.4, -0.2) is 50.2 Å². The maximum Gasteiger partial charge on any atom is 1.00 e. The first-order chi connectivity index (χ1) is 6.74. The standard InChI is InChI=1S/C10H17NO4.Na/c1-8(2)10(14)15-6-5-11(3,4)7-9(12)13;/h1,5-7H2,2-4H3;/q;+1. The Hall–Kier alpha value is -0.360. The zero-order valence-corrected chi connectivity index (χ0v) is 12.4. The van der Waals surface area contributed by atoms with Gasteiger partial charge in [-0.15, -0.1) is 0 Å². The second-order valence-electron chi connectivity index (χ2n) is 4.11. The minimum atomic E-state index is -1.12. The molecule has 0 amide bonds. The number of carboxylic acids is 1. The molecular formula is C10H17NNaO4+. The van der Waals surface area contributed by atoms with E-state index in [0.29, 0.717) is 12.1 Å². The molecule has 0 bridgehead atoms. The molecule has 0 aliphatic rings. The Morgan fingerprint density at radius 2 is 1.88 bits per heavy atom. The van der Waals surface area contributed by atoms with E-state index < -0.39 is 11.9 Å². The van der Waals surface area contributed by atoms with Crippen LogP contribution in [0.3, 0.4) is 0 Å². The van der Waals surface area contributed by atoms with Crippen molar-refractivity contribution in [3.8, 4) is 0 Å². The average Bonchev–Trinajstić information content (AvgIpc) is 2.00. The molecule has 0 spiro atoms. The number of esters is 1. The van der Waals surface area contributed by atoms with Gasteiger partial charge in [0.25, 0.3) is 0 Å². The molecule has 0 aliphatic carbocycles. The average molecular weight is 238 g/mol. The van der Waals surface area contributed by atoms with Gasteiger partial charge in [0.05, 0.1) is 20.1 Å². The van der Waals surface area contributed by atoms with E-state index in [1.54, 1.807) is 21.0 Å². The van der Waals surface area contributed by atoms with Crippen LogP contribution in [0.4, 0.5) is 0 Å². The number of quaternary nitrogens is 1. The summed E-state index contributed by atoms with van der Waals surface area (Å²) in [6.07, 6.45) is 0. The monoisotopic (exact) mass is 238 g/mol. The molecule has 0 rings (SSSR count). The predicted octanol–water partition coefficient (Wildman–Crippen LogP) is -4.06. The minimum Gasteiger partial charge on any atom is -0.544 e. The minimum absolute atomic E-state index is 0. The summed E-state index contributed by atoms with van der Waals surface area (Å²) in [6, 6.07) is 0. The van der Waals surface area contributed by atoms with E-state index in [2.05, 4.69) is 6.58 Å². The largest absolute Gasteiger partial charge is 1.00 e. The van der Waals surface area contributed by atoms with Gasteiger partial charge in [-0.1, -0.05) is 6.58 Å². The Kier molecular flexibility index (Phi) is 8.83. The van der Waals surface area contributed by atoms with Crippen molar-refractivity contribution >= 4 is 11.9 Å². The number of carbonyl (C=O) groups is 2. The van der Waals surface area contributed by atoms with Crippen molar-refractivity contribution in [2.24, 2.45) is 0 Å². The van der Waals surface area contributed by atoms with E-state index >= 15 is 0 Å². The predicted molar refractivity (Wildman–Crippen MR) is 52.6 cm³/mol. The Balaban J connectivity index is 0. The molecule has 0 aromatic carbocycles. The number of carbonyl (C=O) groups excluding carboxylic acids is 2. The molecule has 0 radical (unpaired) electrons. The number of rotatable bonds is 6. The van der Waals surface area contributed by atoms with Gasteiger partial charge in [0.15, 0.2) is 0 Å². The number of nitrogens with zero attached hydrogens (tertiary/aromatic N) is 1. The Labute approximate surface area is 118 Å². The Morgan fingerprint density at radius 1 is 1.38 bits per heavy atom. The number of ether oxygens (including phenoxy) is 1. The number of aliphatic carboxylic acids is 1. The quantitative estimate of drug-likeness (QED) is 0.204. The van der Waals surface area contributed by atoms with Gasteiger partial charge in [-0.2, -0.15) is 0 Å². The van der Waals surface area contributed by atoms with Gasteiger partial charge >= 0.3 is 35.5 Å². The van der Waals surface area contributed by atoms with Crippen LogP contribution < -0.4 is 34.7 Å². The van der Waals surface area contributed by atoms with Gasteiger partial charge in [-0.05, 0) is 6.92 Å². The summed E-state index contributed by atoms with van der Waals surface area (Å²) in [7, 11) is 3.45. The summed E-state index contributed by atoms with van der Waals surface area (Å²) in [5.41, 5.74) is 0.334. The molecule has 0 aromatic rings. The molecule has 0 atom stereocenters. The fourth-order valence-electron chi connectivity index (χ4n) is 0.937. The van der Waals surface area contributed by atoms with Crippen LogP contribution in [0.2, 0.25) is 0 Å². The molecule has 0 aliphatic heterocycles. The van der Waals surface area contributed by atoms with Gasteiger partial charge in [-0.3, -0.25) is 0 Å². The summed E-state index contributed by atoms with van der Waals surface area (Å²) in [4.78, 5) is 21.4. The number of likely N-dealkylation sites (N-methyl/N-ethyl adjacent to an activating group) is 1. The van der Waals surface area contributed by atoms with Crippen LogP contribution in [0, 0.1) is 0 Å². The molecule has 86 valence electrons. The van der Waals surface area contributed by atoms with Crippen molar-refractivity contribution in [1.82, 2.24) is 0 Å². The maximum atomic E-state index is 11.0. The van der Waals surface area contributed by atoms with Crippen molar-refractivity contribution in [3.05, 3.63) is 12.2 Å². The van der Waals surface area contributed by atoms with E-state index in [4.69, 9.17) is 4.74 Å². The molecular weight excluding hydrogens is 221 g/mol. The van der Waals surface area contributed by atoms with Gasteiger partial charge < -0.3 is 19.1 Å². The third-order valence-electron chi connectivity index (χ3n) is 1.84. The first-order valence-corrected chi connectivity index (χ1v) is 4.59. The van der Waals surface area contributed by atoms with Crippen LogP contribution in [0.1, 0.15) is 6.92 Å². The van der Waals surface area contributed by atoms with Gasteiger partial charge in [0.2, 0.25) is 0 Å². The molecule has 5 nitrogen and oxygen atoms in total. The van der Waals surface area contributed by atoms with Crippen LogP contribution in [-0.2, 0) is 14.3 Å². The Morgan fingerprint density at radius 3 is 2.25 bits per heavy atom. The second-order valence-corrected chi connectivity index (χ2v) is 4.11. The van der Waals surface area contributed by atoms with E-state index in [-0.39, 0.29) is 47.2 Å². The molecule has 0 aromatic heterocycles. The number of hydrogen-bond donors (Lipinski definition) is 0. The van der Waals surface area contributed by atoms with Crippen LogP contribution in [0.5, 0.6) is 0 Å². The van der Waals surface area contributed by atoms with Crippen molar-refractivity contribution in [2.45, 2.75) is 6.92 Å². The first-order valence-electron chi connectivity index (χ1n) is 4.59. The SMILES string of the molecule is C=C(C)C(=O)OCC[N+](C)(C)CC(=O)[O-].[Na+]. The first kappa shape index (κ1) is 18.0. The van der Waals surface area contributed by atoms with Crippen LogP contribution in [0.15, 0.2) is 12.2 Å². The van der Waals surface area contributed by atoms with E-state index in [1.807, 2.05) is 0 Å². The van der Waals surface area contributed by atoms with E-state index in [0.717, 1.165) is 0 Å². The molecule has 16 heavy (non-hydrogen) atoms. The maximum absolute atomic E-state index is 11.0.